The lowest BCUT2D eigenvalue weighted by Crippen LogP contribution is -2.54. The molecule has 2 saturated heterocycles. The van der Waals surface area contributed by atoms with Crippen LogP contribution in [0.4, 0.5) is 11.5 Å². The molecule has 1 aromatic carbocycles. The van der Waals surface area contributed by atoms with Crippen LogP contribution in [-0.4, -0.2) is 96.3 Å². The van der Waals surface area contributed by atoms with Gasteiger partial charge in [-0.15, -0.1) is 0 Å². The lowest BCUT2D eigenvalue weighted by molar-refractivity contribution is -0.133. The van der Waals surface area contributed by atoms with Crippen LogP contribution in [0, 0.1) is 0 Å². The van der Waals surface area contributed by atoms with E-state index in [0.29, 0.717) is 49.5 Å². The molecule has 1 atom stereocenters. The summed E-state index contributed by atoms with van der Waals surface area (Å²) in [5, 5.41) is 0.843. The number of anilines is 2. The Kier molecular flexibility index (Phi) is 10.6. The minimum Gasteiger partial charge on any atom is -0.495 e. The van der Waals surface area contributed by atoms with Gasteiger partial charge in [-0.1, -0.05) is 55.3 Å². The van der Waals surface area contributed by atoms with Gasteiger partial charge in [-0.25, -0.2) is 9.97 Å². The van der Waals surface area contributed by atoms with E-state index >= 15 is 0 Å². The van der Waals surface area contributed by atoms with Crippen LogP contribution in [0.5, 0.6) is 5.75 Å². The second-order valence-corrected chi connectivity index (χ2v) is 11.3. The number of halogens is 1. The van der Waals surface area contributed by atoms with Gasteiger partial charge in [-0.3, -0.25) is 9.59 Å². The molecule has 39 heavy (non-hydrogen) atoms. The van der Waals surface area contributed by atoms with Gasteiger partial charge in [0.1, 0.15) is 16.7 Å². The second kappa shape index (κ2) is 14.1. The van der Waals surface area contributed by atoms with Crippen LogP contribution >= 0.6 is 23.4 Å². The summed E-state index contributed by atoms with van der Waals surface area (Å²) in [5.74, 6) is 2.13. The molecule has 1 unspecified atom stereocenters. The Morgan fingerprint density at radius 1 is 1.03 bits per heavy atom. The van der Waals surface area contributed by atoms with Gasteiger partial charge < -0.3 is 24.3 Å². The Hall–Kier alpha value is -2.72. The molecule has 212 valence electrons. The number of benzene rings is 1. The van der Waals surface area contributed by atoms with Crippen molar-refractivity contribution in [3.8, 4) is 5.75 Å². The van der Waals surface area contributed by atoms with Crippen molar-refractivity contribution in [3.63, 3.8) is 0 Å². The third kappa shape index (κ3) is 7.69. The molecule has 2 fully saturated rings. The van der Waals surface area contributed by atoms with Crippen molar-refractivity contribution in [2.45, 2.75) is 50.7 Å². The highest BCUT2D eigenvalue weighted by Gasteiger charge is 2.28. The van der Waals surface area contributed by atoms with Gasteiger partial charge in [-0.05, 0) is 25.5 Å². The molecule has 4 rings (SSSR count). The van der Waals surface area contributed by atoms with Gasteiger partial charge in [0.15, 0.2) is 5.16 Å². The molecule has 0 radical (unpaired) electrons. The van der Waals surface area contributed by atoms with E-state index in [2.05, 4.69) is 28.6 Å². The zero-order valence-corrected chi connectivity index (χ0v) is 24.7. The van der Waals surface area contributed by atoms with Crippen molar-refractivity contribution in [1.82, 2.24) is 19.8 Å². The van der Waals surface area contributed by atoms with Crippen LogP contribution in [0.1, 0.15) is 39.5 Å². The molecule has 3 heterocycles. The first kappa shape index (κ1) is 29.3. The normalized spacial score (nSPS) is 17.9. The van der Waals surface area contributed by atoms with Crippen molar-refractivity contribution in [2.75, 3.05) is 68.5 Å². The van der Waals surface area contributed by atoms with Crippen molar-refractivity contribution in [2.24, 2.45) is 0 Å². The van der Waals surface area contributed by atoms with E-state index in [1.807, 2.05) is 34.1 Å². The summed E-state index contributed by atoms with van der Waals surface area (Å²) >= 11 is 7.66. The fourth-order valence-electron chi connectivity index (χ4n) is 5.12. The monoisotopic (exact) mass is 574 g/mol. The van der Waals surface area contributed by atoms with E-state index in [1.165, 1.54) is 11.8 Å². The van der Waals surface area contributed by atoms with Crippen LogP contribution in [-0.2, 0) is 9.59 Å². The smallest absolute Gasteiger partial charge is 0.233 e. The number of piperazine rings is 2. The summed E-state index contributed by atoms with van der Waals surface area (Å²) < 4.78 is 5.49. The maximum Gasteiger partial charge on any atom is 0.233 e. The third-order valence-electron chi connectivity index (χ3n) is 7.31. The first-order valence-corrected chi connectivity index (χ1v) is 15.1. The molecule has 2 aliphatic rings. The minimum atomic E-state index is 0.0635. The fourth-order valence-corrected chi connectivity index (χ4v) is 6.11. The van der Waals surface area contributed by atoms with Crippen LogP contribution in [0.15, 0.2) is 35.5 Å². The van der Waals surface area contributed by atoms with Crippen LogP contribution in [0.3, 0.4) is 0 Å². The molecule has 9 nitrogen and oxygen atoms in total. The number of amides is 2. The maximum absolute atomic E-state index is 13.0. The first-order chi connectivity index (χ1) is 18.9. The van der Waals surface area contributed by atoms with Crippen LogP contribution in [0.25, 0.3) is 0 Å². The molecule has 0 N–H and O–H groups in total. The molecule has 2 aromatic rings. The van der Waals surface area contributed by atoms with Crippen molar-refractivity contribution >= 4 is 46.7 Å². The summed E-state index contributed by atoms with van der Waals surface area (Å²) in [6, 6.07) is 9.81. The summed E-state index contributed by atoms with van der Waals surface area (Å²) in [7, 11) is 1.68. The molecular weight excluding hydrogens is 536 g/mol. The topological polar surface area (TPSA) is 82.1 Å². The Morgan fingerprint density at radius 2 is 1.77 bits per heavy atom. The second-order valence-electron chi connectivity index (χ2n) is 10.00. The van der Waals surface area contributed by atoms with E-state index in [4.69, 9.17) is 21.3 Å². The Balaban J connectivity index is 1.28. The lowest BCUT2D eigenvalue weighted by Gasteiger charge is -2.40. The molecule has 0 aliphatic carbocycles. The average Bonchev–Trinajstić information content (AvgIpc) is 2.95. The number of hydrogen-bond acceptors (Lipinski definition) is 8. The average molecular weight is 575 g/mol. The number of rotatable bonds is 10. The number of carbonyl (C=O) groups is 2. The van der Waals surface area contributed by atoms with Gasteiger partial charge >= 0.3 is 0 Å². The Morgan fingerprint density at radius 3 is 2.49 bits per heavy atom. The zero-order chi connectivity index (χ0) is 27.8. The highest BCUT2D eigenvalue weighted by Crippen LogP contribution is 2.29. The molecule has 0 spiro atoms. The van der Waals surface area contributed by atoms with Gasteiger partial charge in [0.2, 0.25) is 11.8 Å². The van der Waals surface area contributed by atoms with Crippen molar-refractivity contribution in [1.29, 1.82) is 0 Å². The van der Waals surface area contributed by atoms with Gasteiger partial charge in [0.25, 0.3) is 0 Å². The van der Waals surface area contributed by atoms with Crippen LogP contribution < -0.4 is 14.5 Å². The number of carbonyl (C=O) groups excluding carboxylic acids is 2. The van der Waals surface area contributed by atoms with Gasteiger partial charge in [0, 0.05) is 64.3 Å². The summed E-state index contributed by atoms with van der Waals surface area (Å²) in [6.45, 7) is 9.07. The molecule has 1 aromatic heterocycles. The van der Waals surface area contributed by atoms with Gasteiger partial charge in [0.05, 0.1) is 18.6 Å². The number of para-hydroxylation sites is 2. The Labute approximate surface area is 240 Å². The highest BCUT2D eigenvalue weighted by atomic mass is 35.5. The number of ether oxygens (including phenoxy) is 1. The highest BCUT2D eigenvalue weighted by molar-refractivity contribution is 7.99. The number of thioether (sulfide) groups is 1. The summed E-state index contributed by atoms with van der Waals surface area (Å²) in [6.07, 6.45) is 3.75. The molecule has 0 saturated carbocycles. The standard InChI is InChI=1S/C28H39ClN6O3S/c1-4-5-6-11-26(36)35-17-16-34(19-21(35)2)25-18-24(29)30-28(31-25)39-20-27(37)33-14-12-32(13-15-33)22-9-7-8-10-23(22)38-3/h7-10,18,21H,4-6,11-17,19-20H2,1-3H3. The number of nitrogens with zero attached hydrogens (tertiary/aromatic N) is 6. The SMILES string of the molecule is CCCCCC(=O)N1CCN(c2cc(Cl)nc(SCC(=O)N3CCN(c4ccccc4OC)CC3)n2)CC1C. The quantitative estimate of drug-likeness (QED) is 0.181. The predicted molar refractivity (Wildman–Crippen MR) is 157 cm³/mol. The number of unbranched alkanes of at least 4 members (excludes halogenated alkanes) is 2. The fraction of sp³-hybridized carbons (Fsp3) is 0.571. The van der Waals surface area contributed by atoms with Gasteiger partial charge in [-0.2, -0.15) is 0 Å². The molecular formula is C28H39ClN6O3S. The predicted octanol–water partition coefficient (Wildman–Crippen LogP) is 4.20. The van der Waals surface area contributed by atoms with E-state index in [9.17, 15) is 9.59 Å². The molecule has 2 amide bonds. The third-order valence-corrected chi connectivity index (χ3v) is 8.34. The lowest BCUT2D eigenvalue weighted by atomic mass is 10.1. The van der Waals surface area contributed by atoms with E-state index < -0.39 is 0 Å². The van der Waals surface area contributed by atoms with Crippen molar-refractivity contribution < 1.29 is 14.3 Å². The van der Waals surface area contributed by atoms with Crippen LogP contribution in [0.2, 0.25) is 5.15 Å². The number of aromatic nitrogens is 2. The Bertz CT molecular complexity index is 1130. The first-order valence-electron chi connectivity index (χ1n) is 13.8. The van der Waals surface area contributed by atoms with Crippen molar-refractivity contribution in [3.05, 3.63) is 35.5 Å². The van der Waals surface area contributed by atoms with E-state index in [1.54, 1.807) is 13.2 Å². The van der Waals surface area contributed by atoms with E-state index in [-0.39, 0.29) is 23.6 Å². The molecule has 0 bridgehead atoms. The molecule has 11 heteroatoms. The zero-order valence-electron chi connectivity index (χ0n) is 23.1. The largest absolute Gasteiger partial charge is 0.495 e. The number of methoxy groups -OCH3 is 1. The maximum atomic E-state index is 13.0. The summed E-state index contributed by atoms with van der Waals surface area (Å²) in [5.41, 5.74) is 1.05. The number of hydrogen-bond donors (Lipinski definition) is 0. The van der Waals surface area contributed by atoms with E-state index in [0.717, 1.165) is 49.6 Å². The molecule has 2 aliphatic heterocycles. The summed E-state index contributed by atoms with van der Waals surface area (Å²) in [4.78, 5) is 43.0. The minimum absolute atomic E-state index is 0.0635.